The van der Waals surface area contributed by atoms with E-state index in [4.69, 9.17) is 27.9 Å². The van der Waals surface area contributed by atoms with E-state index in [1.165, 1.54) is 19.5 Å². The number of methoxy groups -OCH3 is 1. The Morgan fingerprint density at radius 2 is 2.04 bits per heavy atom. The van der Waals surface area contributed by atoms with E-state index >= 15 is 0 Å². The molecule has 0 spiro atoms. The number of nitrogens with zero attached hydrogens (tertiary/aromatic N) is 3. The van der Waals surface area contributed by atoms with E-state index in [0.717, 1.165) is 0 Å². The molecule has 0 saturated heterocycles. The maximum absolute atomic E-state index is 11.4. The number of nitrogens with one attached hydrogen (secondary N) is 2. The van der Waals surface area contributed by atoms with Gasteiger partial charge in [-0.25, -0.2) is 9.97 Å². The summed E-state index contributed by atoms with van der Waals surface area (Å²) >= 11 is 11.9. The average molecular weight is 358 g/mol. The molecule has 0 bridgehead atoms. The normalized spacial score (nSPS) is 10.4. The van der Waals surface area contributed by atoms with Crippen LogP contribution in [-0.2, 0) is 4.74 Å². The maximum atomic E-state index is 11.4. The van der Waals surface area contributed by atoms with Crippen LogP contribution in [0, 0.1) is 10.1 Å². The maximum Gasteiger partial charge on any atom is 0.353 e. The summed E-state index contributed by atoms with van der Waals surface area (Å²) in [5.41, 5.74) is 0.162. The Bertz CT molecular complexity index is 714. The summed E-state index contributed by atoms with van der Waals surface area (Å²) < 4.78 is 4.90. The summed E-state index contributed by atoms with van der Waals surface area (Å²) in [6.07, 6.45) is 1.22. The van der Waals surface area contributed by atoms with Crippen LogP contribution in [0.1, 0.15) is 0 Å². The van der Waals surface area contributed by atoms with E-state index in [0.29, 0.717) is 28.9 Å². The molecular formula is C13H13Cl2N5O3. The van der Waals surface area contributed by atoms with Crippen molar-refractivity contribution in [3.8, 4) is 0 Å². The minimum absolute atomic E-state index is 0.0224. The number of rotatable bonds is 7. The molecule has 0 radical (unpaired) electrons. The van der Waals surface area contributed by atoms with Crippen LogP contribution in [0.25, 0.3) is 0 Å². The van der Waals surface area contributed by atoms with Crippen molar-refractivity contribution in [1.82, 2.24) is 9.97 Å². The third-order valence-electron chi connectivity index (χ3n) is 2.79. The average Bonchev–Trinajstić information content (AvgIpc) is 2.50. The molecule has 1 aromatic carbocycles. The molecule has 0 aliphatic carbocycles. The van der Waals surface area contributed by atoms with Gasteiger partial charge in [0, 0.05) is 18.7 Å². The number of hydrogen-bond donors (Lipinski definition) is 2. The van der Waals surface area contributed by atoms with Gasteiger partial charge in [0.25, 0.3) is 0 Å². The molecule has 23 heavy (non-hydrogen) atoms. The van der Waals surface area contributed by atoms with Gasteiger partial charge in [-0.15, -0.1) is 0 Å². The number of hydrogen-bond acceptors (Lipinski definition) is 7. The summed E-state index contributed by atoms with van der Waals surface area (Å²) in [5.74, 6) is 0.115. The van der Waals surface area contributed by atoms with Crippen molar-refractivity contribution in [3.63, 3.8) is 0 Å². The van der Waals surface area contributed by atoms with E-state index in [9.17, 15) is 10.1 Å². The Morgan fingerprint density at radius 1 is 1.30 bits per heavy atom. The standard InChI is InChI=1S/C13H13Cl2N5O3/c1-23-5-4-16-12-11(20(21)22)13(18-7-17-12)19-10-3-2-8(14)6-9(10)15/h2-3,6-7H,4-5H2,1H3,(H2,16,17,18,19). The fourth-order valence-corrected chi connectivity index (χ4v) is 2.22. The molecule has 0 amide bonds. The number of aromatic nitrogens is 2. The molecular weight excluding hydrogens is 345 g/mol. The fraction of sp³-hybridized carbons (Fsp3) is 0.231. The minimum Gasteiger partial charge on any atom is -0.383 e. The largest absolute Gasteiger partial charge is 0.383 e. The summed E-state index contributed by atoms with van der Waals surface area (Å²) in [6, 6.07) is 4.74. The highest BCUT2D eigenvalue weighted by molar-refractivity contribution is 6.36. The van der Waals surface area contributed by atoms with Gasteiger partial charge < -0.3 is 15.4 Å². The van der Waals surface area contributed by atoms with Crippen LogP contribution in [0.3, 0.4) is 0 Å². The lowest BCUT2D eigenvalue weighted by Crippen LogP contribution is -2.12. The first kappa shape index (κ1) is 17.2. The molecule has 0 unspecified atom stereocenters. The molecule has 0 aliphatic rings. The van der Waals surface area contributed by atoms with Gasteiger partial charge in [-0.3, -0.25) is 10.1 Å². The highest BCUT2D eigenvalue weighted by Crippen LogP contribution is 2.34. The van der Waals surface area contributed by atoms with Gasteiger partial charge in [0.15, 0.2) is 0 Å². The zero-order valence-electron chi connectivity index (χ0n) is 12.0. The lowest BCUT2D eigenvalue weighted by molar-refractivity contribution is -0.383. The molecule has 10 heteroatoms. The summed E-state index contributed by atoms with van der Waals surface area (Å²) in [4.78, 5) is 18.6. The van der Waals surface area contributed by atoms with E-state index in [1.807, 2.05) is 0 Å². The highest BCUT2D eigenvalue weighted by atomic mass is 35.5. The molecule has 2 aromatic rings. The Hall–Kier alpha value is -2.16. The molecule has 2 rings (SSSR count). The number of anilines is 3. The SMILES string of the molecule is COCCNc1ncnc(Nc2ccc(Cl)cc2Cl)c1[N+](=O)[O-]. The zero-order valence-corrected chi connectivity index (χ0v) is 13.6. The monoisotopic (exact) mass is 357 g/mol. The van der Waals surface area contributed by atoms with Gasteiger partial charge in [-0.05, 0) is 18.2 Å². The second-order valence-corrected chi connectivity index (χ2v) is 5.19. The van der Waals surface area contributed by atoms with Crippen molar-refractivity contribution in [2.24, 2.45) is 0 Å². The second kappa shape index (κ2) is 7.91. The molecule has 8 nitrogen and oxygen atoms in total. The lowest BCUT2D eigenvalue weighted by Gasteiger charge is -2.11. The number of halogens is 2. The third-order valence-corrected chi connectivity index (χ3v) is 3.34. The van der Waals surface area contributed by atoms with Gasteiger partial charge in [-0.1, -0.05) is 23.2 Å². The predicted molar refractivity (Wildman–Crippen MR) is 88.8 cm³/mol. The topological polar surface area (TPSA) is 102 Å². The summed E-state index contributed by atoms with van der Waals surface area (Å²) in [6.45, 7) is 0.752. The number of nitro groups is 1. The van der Waals surface area contributed by atoms with Gasteiger partial charge in [-0.2, -0.15) is 0 Å². The van der Waals surface area contributed by atoms with E-state index < -0.39 is 4.92 Å². The van der Waals surface area contributed by atoms with Crippen LogP contribution >= 0.6 is 23.2 Å². The van der Waals surface area contributed by atoms with E-state index in [1.54, 1.807) is 12.1 Å². The van der Waals surface area contributed by atoms with Gasteiger partial charge in [0.1, 0.15) is 6.33 Å². The van der Waals surface area contributed by atoms with Crippen molar-refractivity contribution in [2.45, 2.75) is 0 Å². The smallest absolute Gasteiger partial charge is 0.353 e. The van der Waals surface area contributed by atoms with Gasteiger partial charge >= 0.3 is 5.69 Å². The van der Waals surface area contributed by atoms with E-state index in [2.05, 4.69) is 20.6 Å². The molecule has 0 saturated carbocycles. The number of ether oxygens (including phenoxy) is 1. The van der Waals surface area contributed by atoms with Crippen LogP contribution in [0.2, 0.25) is 10.0 Å². The van der Waals surface area contributed by atoms with Crippen molar-refractivity contribution in [1.29, 1.82) is 0 Å². The first-order valence-corrected chi connectivity index (χ1v) is 7.22. The molecule has 1 aromatic heterocycles. The Labute approximate surface area is 141 Å². The van der Waals surface area contributed by atoms with Crippen molar-refractivity contribution in [2.75, 3.05) is 30.9 Å². The zero-order chi connectivity index (χ0) is 16.8. The molecule has 0 fully saturated rings. The second-order valence-electron chi connectivity index (χ2n) is 4.35. The summed E-state index contributed by atoms with van der Waals surface area (Å²) in [5, 5.41) is 17.8. The first-order valence-electron chi connectivity index (χ1n) is 6.47. The molecule has 0 aliphatic heterocycles. The summed E-state index contributed by atoms with van der Waals surface area (Å²) in [7, 11) is 1.53. The van der Waals surface area contributed by atoms with Crippen LogP contribution in [-0.4, -0.2) is 35.2 Å². The first-order chi connectivity index (χ1) is 11.0. The predicted octanol–water partition coefficient (Wildman–Crippen LogP) is 3.49. The highest BCUT2D eigenvalue weighted by Gasteiger charge is 2.23. The Morgan fingerprint density at radius 3 is 2.70 bits per heavy atom. The molecule has 1 heterocycles. The molecule has 122 valence electrons. The van der Waals surface area contributed by atoms with Gasteiger partial charge in [0.05, 0.1) is 22.2 Å². The minimum atomic E-state index is -0.568. The van der Waals surface area contributed by atoms with Crippen LogP contribution < -0.4 is 10.6 Å². The van der Waals surface area contributed by atoms with Crippen molar-refractivity contribution < 1.29 is 9.66 Å². The Kier molecular flexibility index (Phi) is 5.91. The van der Waals surface area contributed by atoms with Crippen LogP contribution in [0.5, 0.6) is 0 Å². The third kappa shape index (κ3) is 4.41. The van der Waals surface area contributed by atoms with Crippen molar-refractivity contribution >= 4 is 46.2 Å². The fourth-order valence-electron chi connectivity index (χ4n) is 1.76. The molecule has 0 atom stereocenters. The van der Waals surface area contributed by atoms with Crippen LogP contribution in [0.4, 0.5) is 23.0 Å². The lowest BCUT2D eigenvalue weighted by atomic mass is 10.3. The molecule has 2 N–H and O–H groups in total. The van der Waals surface area contributed by atoms with Crippen molar-refractivity contribution in [3.05, 3.63) is 44.7 Å². The quantitative estimate of drug-likeness (QED) is 0.444. The number of benzene rings is 1. The van der Waals surface area contributed by atoms with Crippen LogP contribution in [0.15, 0.2) is 24.5 Å². The van der Waals surface area contributed by atoms with E-state index in [-0.39, 0.29) is 17.3 Å². The van der Waals surface area contributed by atoms with Gasteiger partial charge in [0.2, 0.25) is 11.6 Å². The Balaban J connectivity index is 2.33.